The van der Waals surface area contributed by atoms with E-state index in [0.29, 0.717) is 5.56 Å². The molecule has 1 rings (SSSR count). The van der Waals surface area contributed by atoms with E-state index in [4.69, 9.17) is 10.4 Å². The molecule has 1 N–H and O–H groups in total. The summed E-state index contributed by atoms with van der Waals surface area (Å²) >= 11 is 0. The van der Waals surface area contributed by atoms with E-state index in [9.17, 15) is 4.79 Å². The fourth-order valence-corrected chi connectivity index (χ4v) is 0.986. The molecule has 0 aliphatic heterocycles. The Morgan fingerprint density at radius 2 is 2.08 bits per heavy atom. The van der Waals surface area contributed by atoms with Crippen molar-refractivity contribution in [2.24, 2.45) is 5.92 Å². The first-order valence-corrected chi connectivity index (χ1v) is 3.89. The van der Waals surface area contributed by atoms with Crippen LogP contribution in [0.1, 0.15) is 10.4 Å². The first-order valence-electron chi connectivity index (χ1n) is 3.89. The molecule has 0 saturated carbocycles. The van der Waals surface area contributed by atoms with Crippen LogP contribution in [0.25, 0.3) is 0 Å². The van der Waals surface area contributed by atoms with E-state index < -0.39 is 12.5 Å². The molecule has 0 heterocycles. The van der Waals surface area contributed by atoms with E-state index in [0.717, 1.165) is 0 Å². The summed E-state index contributed by atoms with van der Waals surface area (Å²) in [5, 5.41) is 17.2. The molecule has 0 bridgehead atoms. The number of benzene rings is 1. The lowest BCUT2D eigenvalue weighted by molar-refractivity contribution is 0.0906. The number of hydrogen-bond acceptors (Lipinski definition) is 3. The molecule has 3 heteroatoms. The number of hydrogen-bond donors (Lipinski definition) is 1. The zero-order valence-corrected chi connectivity index (χ0v) is 6.97. The first kappa shape index (κ1) is 9.43. The van der Waals surface area contributed by atoms with Gasteiger partial charge in [-0.3, -0.25) is 4.79 Å². The second-order valence-electron chi connectivity index (χ2n) is 2.59. The minimum absolute atomic E-state index is 0.328. The molecule has 0 saturated heterocycles. The zero-order chi connectivity index (χ0) is 9.68. The highest BCUT2D eigenvalue weighted by Crippen LogP contribution is 2.07. The van der Waals surface area contributed by atoms with Gasteiger partial charge in [0.15, 0.2) is 5.78 Å². The van der Waals surface area contributed by atoms with Crippen LogP contribution >= 0.6 is 0 Å². The summed E-state index contributed by atoms with van der Waals surface area (Å²) in [5.41, 5.74) is 0.461. The maximum absolute atomic E-state index is 11.4. The number of nitriles is 1. The Kier molecular flexibility index (Phi) is 3.18. The van der Waals surface area contributed by atoms with Gasteiger partial charge >= 0.3 is 0 Å². The molecule has 0 aliphatic carbocycles. The maximum atomic E-state index is 11.4. The smallest absolute Gasteiger partial charge is 0.182 e. The lowest BCUT2D eigenvalue weighted by Gasteiger charge is -2.03. The molecule has 1 aromatic rings. The lowest BCUT2D eigenvalue weighted by Crippen LogP contribution is -2.16. The van der Waals surface area contributed by atoms with Crippen molar-refractivity contribution in [2.45, 2.75) is 0 Å². The van der Waals surface area contributed by atoms with Crippen LogP contribution in [-0.4, -0.2) is 17.5 Å². The Morgan fingerprint density at radius 1 is 1.46 bits per heavy atom. The third-order valence-corrected chi connectivity index (χ3v) is 1.71. The second-order valence-corrected chi connectivity index (χ2v) is 2.59. The molecule has 66 valence electrons. The van der Waals surface area contributed by atoms with Crippen LogP contribution in [0, 0.1) is 17.2 Å². The average molecular weight is 175 g/mol. The molecule has 3 nitrogen and oxygen atoms in total. The summed E-state index contributed by atoms with van der Waals surface area (Å²) in [6, 6.07) is 10.2. The van der Waals surface area contributed by atoms with Crippen LogP contribution in [-0.2, 0) is 0 Å². The molecule has 13 heavy (non-hydrogen) atoms. The van der Waals surface area contributed by atoms with Gasteiger partial charge in [0.2, 0.25) is 0 Å². The van der Waals surface area contributed by atoms with E-state index >= 15 is 0 Å². The number of rotatable bonds is 3. The molecule has 0 fully saturated rings. The summed E-state index contributed by atoms with van der Waals surface area (Å²) in [4.78, 5) is 11.4. The summed E-state index contributed by atoms with van der Waals surface area (Å²) in [6.45, 7) is -0.426. The van der Waals surface area contributed by atoms with Crippen molar-refractivity contribution in [2.75, 3.05) is 6.61 Å². The number of aliphatic hydroxyl groups is 1. The van der Waals surface area contributed by atoms with Crippen molar-refractivity contribution >= 4 is 5.78 Å². The van der Waals surface area contributed by atoms with Crippen molar-refractivity contribution in [3.05, 3.63) is 35.9 Å². The van der Waals surface area contributed by atoms with Gasteiger partial charge in [-0.05, 0) is 0 Å². The topological polar surface area (TPSA) is 61.1 Å². The highest BCUT2D eigenvalue weighted by atomic mass is 16.3. The molecular formula is C10H9NO2. The summed E-state index contributed by atoms with van der Waals surface area (Å²) < 4.78 is 0. The number of Topliss-reactive ketones (excluding diaryl/α,β-unsaturated/α-hetero) is 1. The quantitative estimate of drug-likeness (QED) is 0.697. The summed E-state index contributed by atoms with van der Waals surface area (Å²) in [6.07, 6.45) is 0. The van der Waals surface area contributed by atoms with E-state index in [1.165, 1.54) is 0 Å². The SMILES string of the molecule is N#CC(CO)C(=O)c1ccccc1. The van der Waals surface area contributed by atoms with Crippen molar-refractivity contribution in [1.82, 2.24) is 0 Å². The van der Waals surface area contributed by atoms with E-state index in [-0.39, 0.29) is 5.78 Å². The van der Waals surface area contributed by atoms with E-state index in [1.54, 1.807) is 36.4 Å². The molecule has 0 radical (unpaired) electrons. The van der Waals surface area contributed by atoms with Crippen molar-refractivity contribution in [1.29, 1.82) is 5.26 Å². The summed E-state index contributed by atoms with van der Waals surface area (Å²) in [5.74, 6) is -1.27. The van der Waals surface area contributed by atoms with Gasteiger partial charge in [0.25, 0.3) is 0 Å². The highest BCUT2D eigenvalue weighted by Gasteiger charge is 2.17. The molecule has 0 aromatic heterocycles. The Hall–Kier alpha value is -1.66. The fourth-order valence-electron chi connectivity index (χ4n) is 0.986. The Balaban J connectivity index is 2.86. The molecule has 1 atom stereocenters. The molecular weight excluding hydrogens is 166 g/mol. The van der Waals surface area contributed by atoms with Gasteiger partial charge in [0.05, 0.1) is 12.7 Å². The molecule has 0 spiro atoms. The molecule has 0 aliphatic rings. The lowest BCUT2D eigenvalue weighted by atomic mass is 10.00. The standard InChI is InChI=1S/C10H9NO2/c11-6-9(7-12)10(13)8-4-2-1-3-5-8/h1-5,9,12H,7H2. The Morgan fingerprint density at radius 3 is 2.54 bits per heavy atom. The Labute approximate surface area is 76.2 Å². The third kappa shape index (κ3) is 2.14. The minimum Gasteiger partial charge on any atom is -0.395 e. The van der Waals surface area contributed by atoms with Gasteiger partial charge in [-0.2, -0.15) is 5.26 Å². The van der Waals surface area contributed by atoms with Crippen LogP contribution in [0.4, 0.5) is 0 Å². The normalized spacial score (nSPS) is 11.7. The monoisotopic (exact) mass is 175 g/mol. The van der Waals surface area contributed by atoms with Gasteiger partial charge in [0.1, 0.15) is 5.92 Å². The van der Waals surface area contributed by atoms with Crippen molar-refractivity contribution in [3.8, 4) is 6.07 Å². The van der Waals surface area contributed by atoms with Crippen molar-refractivity contribution < 1.29 is 9.90 Å². The number of ketones is 1. The van der Waals surface area contributed by atoms with E-state index in [1.807, 2.05) is 0 Å². The number of carbonyl (C=O) groups excluding carboxylic acids is 1. The van der Waals surface area contributed by atoms with Gasteiger partial charge in [0, 0.05) is 5.56 Å². The predicted molar refractivity (Wildman–Crippen MR) is 47.0 cm³/mol. The predicted octanol–water partition coefficient (Wildman–Crippen LogP) is 1.00. The number of nitrogens with zero attached hydrogens (tertiary/aromatic N) is 1. The highest BCUT2D eigenvalue weighted by molar-refractivity contribution is 5.99. The molecule has 1 aromatic carbocycles. The zero-order valence-electron chi connectivity index (χ0n) is 6.97. The number of aliphatic hydroxyl groups excluding tert-OH is 1. The van der Waals surface area contributed by atoms with Crippen LogP contribution in [0.15, 0.2) is 30.3 Å². The molecule has 0 amide bonds. The third-order valence-electron chi connectivity index (χ3n) is 1.71. The largest absolute Gasteiger partial charge is 0.395 e. The van der Waals surface area contributed by atoms with Gasteiger partial charge in [-0.25, -0.2) is 0 Å². The van der Waals surface area contributed by atoms with Crippen molar-refractivity contribution in [3.63, 3.8) is 0 Å². The average Bonchev–Trinajstić information content (AvgIpc) is 2.21. The van der Waals surface area contributed by atoms with E-state index in [2.05, 4.69) is 0 Å². The Bertz CT molecular complexity index is 327. The van der Waals surface area contributed by atoms with Gasteiger partial charge in [-0.1, -0.05) is 30.3 Å². The van der Waals surface area contributed by atoms with Crippen LogP contribution in [0.3, 0.4) is 0 Å². The first-order chi connectivity index (χ1) is 6.29. The fraction of sp³-hybridized carbons (Fsp3) is 0.200. The van der Waals surface area contributed by atoms with Gasteiger partial charge in [-0.15, -0.1) is 0 Å². The van der Waals surface area contributed by atoms with Crippen LogP contribution < -0.4 is 0 Å². The number of carbonyl (C=O) groups is 1. The second kappa shape index (κ2) is 4.39. The molecule has 1 unspecified atom stereocenters. The summed E-state index contributed by atoms with van der Waals surface area (Å²) in [7, 11) is 0. The van der Waals surface area contributed by atoms with Crippen LogP contribution in [0.2, 0.25) is 0 Å². The van der Waals surface area contributed by atoms with Crippen LogP contribution in [0.5, 0.6) is 0 Å². The minimum atomic E-state index is -0.942. The van der Waals surface area contributed by atoms with Gasteiger partial charge < -0.3 is 5.11 Å². The maximum Gasteiger partial charge on any atom is 0.182 e.